The molecule has 3 aromatic heterocycles. The van der Waals surface area contributed by atoms with Crippen molar-refractivity contribution in [1.82, 2.24) is 19.9 Å². The van der Waals surface area contributed by atoms with Gasteiger partial charge < -0.3 is 12.8 Å². The van der Waals surface area contributed by atoms with E-state index in [0.717, 1.165) is 73.8 Å². The van der Waals surface area contributed by atoms with Gasteiger partial charge in [0.15, 0.2) is 0 Å². The van der Waals surface area contributed by atoms with Crippen molar-refractivity contribution in [3.8, 4) is 0 Å². The van der Waals surface area contributed by atoms with Crippen LogP contribution in [0.2, 0.25) is 0 Å². The Hall–Kier alpha value is -2.63. The minimum atomic E-state index is 0. The monoisotopic (exact) mass is 560 g/mol. The average Bonchev–Trinajstić information content (AvgIpc) is 3.73. The number of aromatic nitrogens is 4. The van der Waals surface area contributed by atoms with Crippen LogP contribution in [0.4, 0.5) is 0 Å². The van der Waals surface area contributed by atoms with E-state index in [4.69, 9.17) is 9.97 Å². The molecular weight excluding hydrogens is 513 g/mol. The number of nitrogens with zero attached hydrogens (tertiary/aromatic N) is 2. The Morgan fingerprint density at radius 2 is 1.00 bits per heavy atom. The zero-order valence-electron chi connectivity index (χ0n) is 28.6. The van der Waals surface area contributed by atoms with Crippen molar-refractivity contribution in [3.63, 3.8) is 0 Å². The summed E-state index contributed by atoms with van der Waals surface area (Å²) in [6.45, 7) is 18.2. The Morgan fingerprint density at radius 3 is 1.54 bits per heavy atom. The second kappa shape index (κ2) is 13.1. The van der Waals surface area contributed by atoms with Gasteiger partial charge in [0.2, 0.25) is 0 Å². The molecule has 0 amide bonds. The fourth-order valence-corrected chi connectivity index (χ4v) is 7.07. The van der Waals surface area contributed by atoms with Gasteiger partial charge in [0.25, 0.3) is 0 Å². The number of nitrogens with one attached hydrogen (secondary N) is 2. The van der Waals surface area contributed by atoms with Gasteiger partial charge in [-0.05, 0) is 109 Å². The summed E-state index contributed by atoms with van der Waals surface area (Å²) in [5.41, 5.74) is 20.3. The van der Waals surface area contributed by atoms with Gasteiger partial charge >= 0.3 is 23.1 Å². The topological polar surface area (TPSA) is 57.4 Å². The first-order valence-corrected chi connectivity index (χ1v) is 15.7. The molecular formula is C36H48MgN4. The minimum absolute atomic E-state index is 0. The van der Waals surface area contributed by atoms with Gasteiger partial charge in [0.1, 0.15) is 0 Å². The smallest absolute Gasteiger partial charge is 1.00 e. The van der Waals surface area contributed by atoms with Crippen molar-refractivity contribution < 1.29 is 2.85 Å². The largest absolute Gasteiger partial charge is 2.00 e. The SMILES string of the molecule is CCC1=C(CC)c2nc1cc1ccc(cc3[nH]c(c(CC)c4nc(c2CC)C(CC)=C4CC)c(CC)c3CC)[nH]1.[H-].[H-].[Mg+2]. The molecule has 0 fully saturated rings. The maximum Gasteiger partial charge on any atom is 2.00 e. The third-order valence-corrected chi connectivity index (χ3v) is 8.91. The molecule has 2 N–H and O–H groups in total. The Balaban J connectivity index is 0.00000215. The zero-order chi connectivity index (χ0) is 28.6. The molecule has 5 rings (SSSR count). The van der Waals surface area contributed by atoms with E-state index in [2.05, 4.69) is 89.6 Å². The van der Waals surface area contributed by atoms with Crippen LogP contribution in [0.1, 0.15) is 129 Å². The van der Waals surface area contributed by atoms with E-state index in [9.17, 15) is 0 Å². The standard InChI is InChI=1S/C36H46N4.Mg.2H/c1-9-23-25(11-3)33-29(15-7)35-27(13-5)28(14-6)36(40-35)30(16-8)34-26(12-4)24(10-2)32(39-34)20-22-18-17-21(37-22)19-31(23)38-33;;;/h17-20,37-38H,9-16H2,1-8H3;;;/q;+2;2*-1. The van der Waals surface area contributed by atoms with E-state index in [1.165, 1.54) is 67.0 Å². The van der Waals surface area contributed by atoms with Crippen molar-refractivity contribution in [2.45, 2.75) is 107 Å². The van der Waals surface area contributed by atoms with Crippen molar-refractivity contribution in [1.29, 1.82) is 0 Å². The van der Waals surface area contributed by atoms with Gasteiger partial charge in [-0.15, -0.1) is 0 Å². The molecule has 214 valence electrons. The fraction of sp³-hybridized carbons (Fsp3) is 0.444. The molecule has 41 heavy (non-hydrogen) atoms. The van der Waals surface area contributed by atoms with Crippen LogP contribution in [0.3, 0.4) is 0 Å². The van der Waals surface area contributed by atoms with E-state index in [1.54, 1.807) is 0 Å². The molecule has 4 nitrogen and oxygen atoms in total. The molecule has 8 bridgehead atoms. The van der Waals surface area contributed by atoms with Crippen molar-refractivity contribution in [3.05, 3.63) is 69.3 Å². The van der Waals surface area contributed by atoms with E-state index in [-0.39, 0.29) is 25.9 Å². The first-order chi connectivity index (χ1) is 19.5. The molecule has 2 aliphatic rings. The number of H-pyrrole nitrogens is 2. The summed E-state index contributed by atoms with van der Waals surface area (Å²) < 4.78 is 0. The van der Waals surface area contributed by atoms with Crippen LogP contribution in [0.25, 0.3) is 44.4 Å². The van der Waals surface area contributed by atoms with Gasteiger partial charge in [-0.2, -0.15) is 0 Å². The molecule has 0 atom stereocenters. The summed E-state index contributed by atoms with van der Waals surface area (Å²) in [6, 6.07) is 8.89. The Kier molecular flexibility index (Phi) is 10.0. The fourth-order valence-electron chi connectivity index (χ4n) is 7.07. The van der Waals surface area contributed by atoms with Crippen molar-refractivity contribution >= 4 is 67.4 Å². The molecule has 0 saturated carbocycles. The summed E-state index contributed by atoms with van der Waals surface area (Å²) in [6.07, 6.45) is 7.74. The second-order valence-corrected chi connectivity index (χ2v) is 10.9. The average molecular weight is 561 g/mol. The number of hydrogen-bond acceptors (Lipinski definition) is 2. The molecule has 0 spiro atoms. The summed E-state index contributed by atoms with van der Waals surface area (Å²) in [5, 5.41) is 0. The van der Waals surface area contributed by atoms with Crippen LogP contribution in [0, 0.1) is 0 Å². The third kappa shape index (κ3) is 5.25. The van der Waals surface area contributed by atoms with Gasteiger partial charge in [0.05, 0.1) is 22.8 Å². The van der Waals surface area contributed by atoms with E-state index in [0.29, 0.717) is 0 Å². The van der Waals surface area contributed by atoms with E-state index < -0.39 is 0 Å². The van der Waals surface area contributed by atoms with Crippen LogP contribution < -0.4 is 0 Å². The van der Waals surface area contributed by atoms with Crippen LogP contribution in [-0.2, 0) is 25.7 Å². The van der Waals surface area contributed by atoms with E-state index in [1.807, 2.05) is 0 Å². The molecule has 0 aromatic carbocycles. The molecule has 0 unspecified atom stereocenters. The van der Waals surface area contributed by atoms with Gasteiger partial charge in [0, 0.05) is 33.2 Å². The number of aromatic amines is 2. The van der Waals surface area contributed by atoms with Crippen LogP contribution in [0.5, 0.6) is 0 Å². The molecule has 0 aliphatic carbocycles. The predicted molar refractivity (Wildman–Crippen MR) is 181 cm³/mol. The molecule has 0 saturated heterocycles. The number of aryl methyl sites for hydroxylation is 3. The number of fused-ring (bicyclic) bond motifs is 8. The maximum atomic E-state index is 5.57. The van der Waals surface area contributed by atoms with Gasteiger partial charge in [-0.1, -0.05) is 55.4 Å². The normalized spacial score (nSPS) is 13.3. The number of allylic oxidation sites excluding steroid dienone is 4. The number of rotatable bonds is 8. The summed E-state index contributed by atoms with van der Waals surface area (Å²) in [7, 11) is 0. The molecule has 3 aromatic rings. The first kappa shape index (κ1) is 31.3. The summed E-state index contributed by atoms with van der Waals surface area (Å²) >= 11 is 0. The predicted octanol–water partition coefficient (Wildman–Crippen LogP) is 9.87. The van der Waals surface area contributed by atoms with Gasteiger partial charge in [-0.3, -0.25) is 0 Å². The Labute approximate surface area is 265 Å². The van der Waals surface area contributed by atoms with Crippen LogP contribution >= 0.6 is 0 Å². The molecule has 5 heteroatoms. The summed E-state index contributed by atoms with van der Waals surface area (Å²) in [4.78, 5) is 18.5. The number of hydrogen-bond donors (Lipinski definition) is 2. The Bertz CT molecular complexity index is 1690. The second-order valence-electron chi connectivity index (χ2n) is 10.9. The quantitative estimate of drug-likeness (QED) is 0.269. The molecule has 5 heterocycles. The molecule has 2 aliphatic heterocycles. The third-order valence-electron chi connectivity index (χ3n) is 8.91. The minimum Gasteiger partial charge on any atom is -1.00 e. The first-order valence-electron chi connectivity index (χ1n) is 15.7. The zero-order valence-corrected chi connectivity index (χ0v) is 28.0. The van der Waals surface area contributed by atoms with Crippen LogP contribution in [0.15, 0.2) is 24.3 Å². The maximum absolute atomic E-state index is 5.57. The van der Waals surface area contributed by atoms with Crippen molar-refractivity contribution in [2.75, 3.05) is 0 Å². The van der Waals surface area contributed by atoms with Gasteiger partial charge in [-0.25, -0.2) is 9.97 Å². The molecule has 0 radical (unpaired) electrons. The summed E-state index contributed by atoms with van der Waals surface area (Å²) in [5.74, 6) is 0. The van der Waals surface area contributed by atoms with E-state index >= 15 is 0 Å². The Morgan fingerprint density at radius 1 is 0.512 bits per heavy atom. The van der Waals surface area contributed by atoms with Crippen LogP contribution in [-0.4, -0.2) is 43.0 Å². The van der Waals surface area contributed by atoms with Crippen molar-refractivity contribution in [2.24, 2.45) is 0 Å².